The molecule has 1 unspecified atom stereocenters. The van der Waals surface area contributed by atoms with Gasteiger partial charge in [-0.05, 0) is 29.3 Å². The molecule has 0 spiro atoms. The second-order valence-corrected chi connectivity index (χ2v) is 4.95. The topological polar surface area (TPSA) is 96.6 Å². The van der Waals surface area contributed by atoms with Crippen molar-refractivity contribution in [2.45, 2.75) is 26.3 Å². The lowest BCUT2D eigenvalue weighted by molar-refractivity contribution is -0.384. The van der Waals surface area contributed by atoms with Gasteiger partial charge in [0.1, 0.15) is 6.54 Å². The number of nitro groups is 1. The standard InChI is InChI=1S/C11H14BrN3O4/c1-3-7(2)14(6-10(16)17)11-9(15(18)19)4-8(12)5-13-11/h4-5,7H,3,6H2,1-2H3,(H,16,17). The first-order chi connectivity index (χ1) is 8.86. The average molecular weight is 332 g/mol. The molecule has 0 aromatic carbocycles. The van der Waals surface area contributed by atoms with Gasteiger partial charge >= 0.3 is 11.7 Å². The van der Waals surface area contributed by atoms with Crippen molar-refractivity contribution in [2.75, 3.05) is 11.4 Å². The van der Waals surface area contributed by atoms with Crippen LogP contribution in [-0.4, -0.2) is 33.6 Å². The number of aliphatic carboxylic acids is 1. The number of carbonyl (C=O) groups is 1. The third-order valence-corrected chi connectivity index (χ3v) is 3.14. The van der Waals surface area contributed by atoms with E-state index in [2.05, 4.69) is 20.9 Å². The fourth-order valence-electron chi connectivity index (χ4n) is 1.58. The Morgan fingerprint density at radius 2 is 2.32 bits per heavy atom. The molecular formula is C11H14BrN3O4. The number of nitrogens with zero attached hydrogens (tertiary/aromatic N) is 3. The summed E-state index contributed by atoms with van der Waals surface area (Å²) in [6.07, 6.45) is 2.07. The zero-order valence-electron chi connectivity index (χ0n) is 10.5. The highest BCUT2D eigenvalue weighted by Crippen LogP contribution is 2.30. The van der Waals surface area contributed by atoms with Crippen LogP contribution in [0.1, 0.15) is 20.3 Å². The van der Waals surface area contributed by atoms with Crippen LogP contribution in [0.3, 0.4) is 0 Å². The maximum absolute atomic E-state index is 11.0. The number of aromatic nitrogens is 1. The van der Waals surface area contributed by atoms with E-state index in [1.54, 1.807) is 6.92 Å². The highest BCUT2D eigenvalue weighted by atomic mass is 79.9. The van der Waals surface area contributed by atoms with Gasteiger partial charge < -0.3 is 10.0 Å². The van der Waals surface area contributed by atoms with E-state index in [0.717, 1.165) is 0 Å². The molecule has 0 bridgehead atoms. The van der Waals surface area contributed by atoms with Crippen molar-refractivity contribution in [3.63, 3.8) is 0 Å². The second-order valence-electron chi connectivity index (χ2n) is 4.03. The molecule has 0 amide bonds. The van der Waals surface area contributed by atoms with Crippen LogP contribution in [0, 0.1) is 10.1 Å². The van der Waals surface area contributed by atoms with Crippen LogP contribution in [0.4, 0.5) is 11.5 Å². The molecule has 0 aliphatic rings. The number of hydrogen-bond acceptors (Lipinski definition) is 5. The van der Waals surface area contributed by atoms with Gasteiger partial charge in [-0.25, -0.2) is 4.98 Å². The molecule has 1 rings (SSSR count). The van der Waals surface area contributed by atoms with Crippen LogP contribution in [0.15, 0.2) is 16.7 Å². The van der Waals surface area contributed by atoms with Gasteiger partial charge in [0.15, 0.2) is 0 Å². The van der Waals surface area contributed by atoms with Crippen LogP contribution >= 0.6 is 15.9 Å². The Morgan fingerprint density at radius 1 is 1.68 bits per heavy atom. The summed E-state index contributed by atoms with van der Waals surface area (Å²) in [4.78, 5) is 26.8. The van der Waals surface area contributed by atoms with E-state index < -0.39 is 10.9 Å². The van der Waals surface area contributed by atoms with Crippen molar-refractivity contribution in [1.29, 1.82) is 0 Å². The first kappa shape index (κ1) is 15.4. The molecule has 7 nitrogen and oxygen atoms in total. The Kier molecular flexibility index (Phi) is 5.22. The monoisotopic (exact) mass is 331 g/mol. The fourth-order valence-corrected chi connectivity index (χ4v) is 1.90. The molecule has 1 N–H and O–H groups in total. The van der Waals surface area contributed by atoms with E-state index in [-0.39, 0.29) is 24.1 Å². The molecule has 0 fully saturated rings. The van der Waals surface area contributed by atoms with Gasteiger partial charge in [-0.3, -0.25) is 14.9 Å². The van der Waals surface area contributed by atoms with E-state index in [9.17, 15) is 14.9 Å². The highest BCUT2D eigenvalue weighted by Gasteiger charge is 2.26. The van der Waals surface area contributed by atoms with Gasteiger partial charge in [-0.2, -0.15) is 0 Å². The molecule has 8 heteroatoms. The lowest BCUT2D eigenvalue weighted by Gasteiger charge is -2.27. The molecule has 0 saturated carbocycles. The van der Waals surface area contributed by atoms with E-state index >= 15 is 0 Å². The van der Waals surface area contributed by atoms with Gasteiger partial charge in [0.2, 0.25) is 5.82 Å². The smallest absolute Gasteiger partial charge is 0.323 e. The minimum absolute atomic E-state index is 0.0740. The zero-order chi connectivity index (χ0) is 14.6. The predicted octanol–water partition coefficient (Wildman–Crippen LogP) is 2.44. The fraction of sp³-hybridized carbons (Fsp3) is 0.455. The van der Waals surface area contributed by atoms with Gasteiger partial charge in [-0.1, -0.05) is 6.92 Å². The van der Waals surface area contributed by atoms with E-state index in [1.807, 2.05) is 6.92 Å². The predicted molar refractivity (Wildman–Crippen MR) is 73.3 cm³/mol. The van der Waals surface area contributed by atoms with Crippen molar-refractivity contribution < 1.29 is 14.8 Å². The summed E-state index contributed by atoms with van der Waals surface area (Å²) >= 11 is 3.12. The van der Waals surface area contributed by atoms with Gasteiger partial charge in [0, 0.05) is 22.8 Å². The maximum Gasteiger partial charge on any atom is 0.323 e. The summed E-state index contributed by atoms with van der Waals surface area (Å²) in [5.41, 5.74) is -0.212. The van der Waals surface area contributed by atoms with Crippen LogP contribution in [0.2, 0.25) is 0 Å². The normalized spacial score (nSPS) is 11.9. The van der Waals surface area contributed by atoms with Crippen LogP contribution in [0.5, 0.6) is 0 Å². The number of anilines is 1. The SMILES string of the molecule is CCC(C)N(CC(=O)O)c1ncc(Br)cc1[N+](=O)[O-]. The molecule has 19 heavy (non-hydrogen) atoms. The molecule has 0 saturated heterocycles. The quantitative estimate of drug-likeness (QED) is 0.635. The highest BCUT2D eigenvalue weighted by molar-refractivity contribution is 9.10. The lowest BCUT2D eigenvalue weighted by atomic mass is 10.2. The van der Waals surface area contributed by atoms with E-state index in [4.69, 9.17) is 5.11 Å². The largest absolute Gasteiger partial charge is 0.480 e. The molecule has 1 aromatic heterocycles. The third kappa shape index (κ3) is 3.88. The Hall–Kier alpha value is -1.70. The molecular weight excluding hydrogens is 318 g/mol. The van der Waals surface area contributed by atoms with Crippen LogP contribution < -0.4 is 4.90 Å². The molecule has 1 heterocycles. The molecule has 0 aliphatic heterocycles. The number of carboxylic acids is 1. The third-order valence-electron chi connectivity index (χ3n) is 2.71. The summed E-state index contributed by atoms with van der Waals surface area (Å²) < 4.78 is 0.474. The van der Waals surface area contributed by atoms with Crippen molar-refractivity contribution in [2.24, 2.45) is 0 Å². The van der Waals surface area contributed by atoms with E-state index in [0.29, 0.717) is 10.9 Å². The zero-order valence-corrected chi connectivity index (χ0v) is 12.1. The molecule has 104 valence electrons. The minimum atomic E-state index is -1.06. The molecule has 0 radical (unpaired) electrons. The van der Waals surface area contributed by atoms with Crippen molar-refractivity contribution in [1.82, 2.24) is 4.98 Å². The number of rotatable bonds is 6. The maximum atomic E-state index is 11.0. The Morgan fingerprint density at radius 3 is 2.79 bits per heavy atom. The molecule has 0 aliphatic carbocycles. The minimum Gasteiger partial charge on any atom is -0.480 e. The summed E-state index contributed by atoms with van der Waals surface area (Å²) in [6, 6.07) is 1.16. The van der Waals surface area contributed by atoms with Crippen molar-refractivity contribution >= 4 is 33.4 Å². The van der Waals surface area contributed by atoms with Crippen LogP contribution in [-0.2, 0) is 4.79 Å². The Bertz CT molecular complexity index is 495. The number of pyridine rings is 1. The number of hydrogen-bond donors (Lipinski definition) is 1. The molecule has 1 atom stereocenters. The summed E-state index contributed by atoms with van der Waals surface area (Å²) in [5, 5.41) is 20.0. The summed E-state index contributed by atoms with van der Waals surface area (Å²) in [5.74, 6) is -0.982. The van der Waals surface area contributed by atoms with E-state index in [1.165, 1.54) is 17.2 Å². The Balaban J connectivity index is 3.28. The first-order valence-electron chi connectivity index (χ1n) is 5.65. The number of carboxylic acid groups (broad SMARTS) is 1. The van der Waals surface area contributed by atoms with Crippen molar-refractivity contribution in [3.8, 4) is 0 Å². The summed E-state index contributed by atoms with van der Waals surface area (Å²) in [7, 11) is 0. The lowest BCUT2D eigenvalue weighted by Crippen LogP contribution is -2.38. The molecule has 1 aromatic rings. The average Bonchev–Trinajstić information content (AvgIpc) is 2.35. The Labute approximate surface area is 118 Å². The van der Waals surface area contributed by atoms with Gasteiger partial charge in [0.05, 0.1) is 4.92 Å². The van der Waals surface area contributed by atoms with Crippen molar-refractivity contribution in [3.05, 3.63) is 26.9 Å². The summed E-state index contributed by atoms with van der Waals surface area (Å²) in [6.45, 7) is 3.35. The van der Waals surface area contributed by atoms with Gasteiger partial charge in [0.25, 0.3) is 0 Å². The first-order valence-corrected chi connectivity index (χ1v) is 6.44. The van der Waals surface area contributed by atoms with Gasteiger partial charge in [-0.15, -0.1) is 0 Å². The second kappa shape index (κ2) is 6.46. The van der Waals surface area contributed by atoms with Crippen LogP contribution in [0.25, 0.3) is 0 Å². The number of halogens is 1.